The lowest BCUT2D eigenvalue weighted by atomic mass is 10.0. The van der Waals surface area contributed by atoms with E-state index in [1.165, 1.54) is 7.11 Å². The Bertz CT molecular complexity index is 347. The van der Waals surface area contributed by atoms with Crippen LogP contribution in [0.15, 0.2) is 18.2 Å². The molecule has 1 unspecified atom stereocenters. The number of alkyl halides is 3. The lowest BCUT2D eigenvalue weighted by Gasteiger charge is -2.19. The zero-order valence-corrected chi connectivity index (χ0v) is 9.61. The van der Waals surface area contributed by atoms with E-state index in [0.717, 1.165) is 6.92 Å². The number of aryl methyl sites for hydroxylation is 1. The first-order valence-electron chi connectivity index (χ1n) is 4.52. The maximum absolute atomic E-state index is 13.0. The molecule has 0 aliphatic rings. The number of rotatable bonds is 3. The molecular formula is C11H13ClF2O. The van der Waals surface area contributed by atoms with Crippen molar-refractivity contribution in [3.8, 4) is 5.75 Å². The Kier molecular flexibility index (Phi) is 3.55. The quantitative estimate of drug-likeness (QED) is 0.720. The molecule has 0 aliphatic heterocycles. The van der Waals surface area contributed by atoms with Gasteiger partial charge in [-0.25, -0.2) is 8.78 Å². The Morgan fingerprint density at radius 3 is 2.40 bits per heavy atom. The lowest BCUT2D eigenvalue weighted by Crippen LogP contribution is -2.18. The molecule has 1 nitrogen and oxygen atoms in total. The largest absolute Gasteiger partial charge is 0.497 e. The molecule has 0 bridgehead atoms. The molecule has 0 fully saturated rings. The zero-order valence-electron chi connectivity index (χ0n) is 8.85. The Hall–Kier alpha value is -0.830. The highest BCUT2D eigenvalue weighted by atomic mass is 35.5. The van der Waals surface area contributed by atoms with E-state index in [1.807, 2.05) is 0 Å². The van der Waals surface area contributed by atoms with Crippen molar-refractivity contribution in [3.05, 3.63) is 29.3 Å². The molecule has 1 aromatic rings. The summed E-state index contributed by atoms with van der Waals surface area (Å²) >= 11 is 5.69. The number of hydrogen-bond acceptors (Lipinski definition) is 1. The number of ether oxygens (including phenoxy) is 1. The molecule has 84 valence electrons. The van der Waals surface area contributed by atoms with Crippen LogP contribution < -0.4 is 4.74 Å². The predicted octanol–water partition coefficient (Wildman–Crippen LogP) is 3.94. The van der Waals surface area contributed by atoms with Gasteiger partial charge in [0.2, 0.25) is 0 Å². The number of halogens is 3. The van der Waals surface area contributed by atoms with Crippen LogP contribution in [0.4, 0.5) is 8.78 Å². The summed E-state index contributed by atoms with van der Waals surface area (Å²) in [6, 6.07) is 4.89. The third-order valence-electron chi connectivity index (χ3n) is 2.20. The maximum atomic E-state index is 13.0. The molecule has 0 N–H and O–H groups in total. The normalized spacial score (nSPS) is 13.7. The minimum Gasteiger partial charge on any atom is -0.497 e. The maximum Gasteiger partial charge on any atom is 0.265 e. The van der Waals surface area contributed by atoms with Crippen LogP contribution in [0.5, 0.6) is 5.75 Å². The summed E-state index contributed by atoms with van der Waals surface area (Å²) in [5.41, 5.74) is 1.14. The molecular weight excluding hydrogens is 222 g/mol. The Labute approximate surface area is 93.0 Å². The molecule has 0 radical (unpaired) electrons. The van der Waals surface area contributed by atoms with E-state index in [4.69, 9.17) is 16.3 Å². The number of benzene rings is 1. The Morgan fingerprint density at radius 1 is 1.40 bits per heavy atom. The summed E-state index contributed by atoms with van der Waals surface area (Å²) in [5, 5.41) is -1.30. The molecule has 0 aliphatic carbocycles. The van der Waals surface area contributed by atoms with Gasteiger partial charge < -0.3 is 4.74 Å². The molecule has 0 saturated carbocycles. The molecule has 1 aromatic carbocycles. The standard InChI is InChI=1S/C11H13ClF2O/c1-7-6-8(15-3)4-5-9(7)10(12)11(2,13)14/h4-6,10H,1-3H3. The summed E-state index contributed by atoms with van der Waals surface area (Å²) in [6.45, 7) is 2.55. The van der Waals surface area contributed by atoms with Crippen molar-refractivity contribution in [2.45, 2.75) is 25.1 Å². The molecule has 0 aromatic heterocycles. The van der Waals surface area contributed by atoms with Crippen LogP contribution >= 0.6 is 11.6 Å². The number of methoxy groups -OCH3 is 1. The second-order valence-electron chi connectivity index (χ2n) is 3.54. The van der Waals surface area contributed by atoms with Crippen LogP contribution in [-0.4, -0.2) is 13.0 Å². The minimum absolute atomic E-state index is 0.435. The summed E-state index contributed by atoms with van der Waals surface area (Å²) in [5.74, 6) is -2.29. The van der Waals surface area contributed by atoms with E-state index in [-0.39, 0.29) is 0 Å². The van der Waals surface area contributed by atoms with Gasteiger partial charge in [-0.2, -0.15) is 0 Å². The molecule has 1 atom stereocenters. The summed E-state index contributed by atoms with van der Waals surface area (Å²) < 4.78 is 31.0. The van der Waals surface area contributed by atoms with Gasteiger partial charge in [-0.15, -0.1) is 11.6 Å². The third kappa shape index (κ3) is 2.81. The van der Waals surface area contributed by atoms with Crippen molar-refractivity contribution in [1.29, 1.82) is 0 Å². The highest BCUT2D eigenvalue weighted by Crippen LogP contribution is 2.38. The van der Waals surface area contributed by atoms with E-state index < -0.39 is 11.3 Å². The first kappa shape index (κ1) is 12.2. The van der Waals surface area contributed by atoms with Crippen LogP contribution in [-0.2, 0) is 0 Å². The fraction of sp³-hybridized carbons (Fsp3) is 0.455. The monoisotopic (exact) mass is 234 g/mol. The lowest BCUT2D eigenvalue weighted by molar-refractivity contribution is 0.0167. The van der Waals surface area contributed by atoms with Crippen molar-refractivity contribution >= 4 is 11.6 Å². The van der Waals surface area contributed by atoms with Gasteiger partial charge in [-0.1, -0.05) is 6.07 Å². The van der Waals surface area contributed by atoms with Gasteiger partial charge >= 0.3 is 0 Å². The number of hydrogen-bond donors (Lipinski definition) is 0. The van der Waals surface area contributed by atoms with E-state index in [0.29, 0.717) is 16.9 Å². The van der Waals surface area contributed by atoms with Crippen molar-refractivity contribution < 1.29 is 13.5 Å². The van der Waals surface area contributed by atoms with Crippen LogP contribution in [0.25, 0.3) is 0 Å². The van der Waals surface area contributed by atoms with E-state index in [2.05, 4.69) is 0 Å². The highest BCUT2D eigenvalue weighted by Gasteiger charge is 2.34. The van der Waals surface area contributed by atoms with Gasteiger partial charge in [0.1, 0.15) is 11.1 Å². The average Bonchev–Trinajstić information content (AvgIpc) is 2.15. The van der Waals surface area contributed by atoms with Gasteiger partial charge in [0.05, 0.1) is 7.11 Å². The first-order chi connectivity index (χ1) is 6.86. The molecule has 4 heteroatoms. The van der Waals surface area contributed by atoms with Gasteiger partial charge in [0.15, 0.2) is 0 Å². The Morgan fingerprint density at radius 2 is 2.00 bits per heavy atom. The zero-order chi connectivity index (χ0) is 11.6. The highest BCUT2D eigenvalue weighted by molar-refractivity contribution is 6.21. The van der Waals surface area contributed by atoms with Crippen molar-refractivity contribution in [2.75, 3.05) is 7.11 Å². The smallest absolute Gasteiger partial charge is 0.265 e. The van der Waals surface area contributed by atoms with E-state index >= 15 is 0 Å². The fourth-order valence-corrected chi connectivity index (χ4v) is 1.58. The van der Waals surface area contributed by atoms with E-state index in [9.17, 15) is 8.78 Å². The third-order valence-corrected chi connectivity index (χ3v) is 2.81. The SMILES string of the molecule is COc1ccc(C(Cl)C(C)(F)F)c(C)c1. The topological polar surface area (TPSA) is 9.23 Å². The van der Waals surface area contributed by atoms with Crippen molar-refractivity contribution in [1.82, 2.24) is 0 Å². The van der Waals surface area contributed by atoms with Gasteiger partial charge in [-0.3, -0.25) is 0 Å². The van der Waals surface area contributed by atoms with Crippen molar-refractivity contribution in [3.63, 3.8) is 0 Å². The molecule has 0 saturated heterocycles. The average molecular weight is 235 g/mol. The fourth-order valence-electron chi connectivity index (χ4n) is 1.33. The van der Waals surface area contributed by atoms with Crippen LogP contribution in [0.3, 0.4) is 0 Å². The van der Waals surface area contributed by atoms with Gasteiger partial charge in [0, 0.05) is 6.92 Å². The first-order valence-corrected chi connectivity index (χ1v) is 4.96. The predicted molar refractivity (Wildman–Crippen MR) is 56.9 cm³/mol. The van der Waals surface area contributed by atoms with Gasteiger partial charge in [0.25, 0.3) is 5.92 Å². The molecule has 0 spiro atoms. The summed E-state index contributed by atoms with van der Waals surface area (Å²) in [7, 11) is 1.53. The van der Waals surface area contributed by atoms with Crippen LogP contribution in [0, 0.1) is 6.92 Å². The van der Waals surface area contributed by atoms with Gasteiger partial charge in [-0.05, 0) is 30.2 Å². The molecule has 0 heterocycles. The molecule has 15 heavy (non-hydrogen) atoms. The molecule has 1 rings (SSSR count). The molecule has 0 amide bonds. The van der Waals surface area contributed by atoms with E-state index in [1.54, 1.807) is 25.1 Å². The van der Waals surface area contributed by atoms with Crippen LogP contribution in [0.2, 0.25) is 0 Å². The van der Waals surface area contributed by atoms with Crippen LogP contribution in [0.1, 0.15) is 23.4 Å². The van der Waals surface area contributed by atoms with Crippen molar-refractivity contribution in [2.24, 2.45) is 0 Å². The Balaban J connectivity index is 3.06. The second-order valence-corrected chi connectivity index (χ2v) is 3.98. The summed E-state index contributed by atoms with van der Waals surface area (Å²) in [6.07, 6.45) is 0. The second kappa shape index (κ2) is 4.35. The minimum atomic E-state index is -2.93. The summed E-state index contributed by atoms with van der Waals surface area (Å²) in [4.78, 5) is 0.